The molecule has 3 rings (SSSR count). The molecule has 0 saturated heterocycles. The Labute approximate surface area is 200 Å². The molecule has 172 valence electrons. The van der Waals surface area contributed by atoms with E-state index in [-0.39, 0.29) is 24.2 Å². The van der Waals surface area contributed by atoms with Gasteiger partial charge in [-0.05, 0) is 59.1 Å². The quantitative estimate of drug-likeness (QED) is 0.144. The summed E-state index contributed by atoms with van der Waals surface area (Å²) in [5, 5.41) is 21.3. The van der Waals surface area contributed by atoms with Crippen LogP contribution in [0, 0.1) is 5.41 Å². The topological polar surface area (TPSA) is 143 Å². The number of carbonyl (C=O) groups excluding carboxylic acids is 1. The van der Waals surface area contributed by atoms with E-state index in [0.29, 0.717) is 39.0 Å². The summed E-state index contributed by atoms with van der Waals surface area (Å²) in [5.41, 5.74) is 15.7. The zero-order chi connectivity index (χ0) is 24.1. The first-order valence-corrected chi connectivity index (χ1v) is 11.2. The van der Waals surface area contributed by atoms with Crippen molar-refractivity contribution in [2.75, 3.05) is 5.73 Å². The van der Waals surface area contributed by atoms with Crippen molar-refractivity contribution in [3.05, 3.63) is 81.4 Å². The fourth-order valence-electron chi connectivity index (χ4n) is 3.36. The highest BCUT2D eigenvalue weighted by atomic mass is 79.9. The summed E-state index contributed by atoms with van der Waals surface area (Å²) < 4.78 is 1.66. The molecule has 0 aliphatic rings. The number of nitrogens with two attached hydrogens (primary N) is 2. The van der Waals surface area contributed by atoms with Crippen molar-refractivity contribution in [3.63, 3.8) is 0 Å². The van der Waals surface area contributed by atoms with E-state index in [0.717, 1.165) is 15.9 Å². The number of rotatable bonds is 7. The van der Waals surface area contributed by atoms with Crippen LogP contribution in [0.5, 0.6) is 0 Å². The van der Waals surface area contributed by atoms with Gasteiger partial charge in [0.25, 0.3) is 0 Å². The summed E-state index contributed by atoms with van der Waals surface area (Å²) in [6, 6.07) is 16.0. The molecule has 0 aliphatic carbocycles. The van der Waals surface area contributed by atoms with Crippen LogP contribution in [0.1, 0.15) is 30.7 Å². The largest absolute Gasteiger partial charge is 0.427 e. The molecule has 8 nitrogen and oxygen atoms in total. The molecule has 9 heteroatoms. The number of amidine groups is 1. The van der Waals surface area contributed by atoms with Gasteiger partial charge in [-0.25, -0.2) is 0 Å². The molecule has 7 N–H and O–H groups in total. The average molecular weight is 511 g/mol. The van der Waals surface area contributed by atoms with Gasteiger partial charge in [0.15, 0.2) is 5.49 Å². The Morgan fingerprint density at radius 1 is 1.21 bits per heavy atom. The molecule has 0 spiro atoms. The Hall–Kier alpha value is -3.59. The smallest absolute Gasteiger partial charge is 0.226 e. The minimum absolute atomic E-state index is 0.00978. The summed E-state index contributed by atoms with van der Waals surface area (Å²) in [7, 11) is 0. The van der Waals surface area contributed by atoms with E-state index in [1.807, 2.05) is 26.0 Å². The number of pyridine rings is 1. The minimum atomic E-state index is -0.271. The Bertz CT molecular complexity index is 1250. The first-order chi connectivity index (χ1) is 15.7. The van der Waals surface area contributed by atoms with Crippen molar-refractivity contribution in [2.45, 2.75) is 32.9 Å². The number of aromatic nitrogens is 1. The zero-order valence-electron chi connectivity index (χ0n) is 18.5. The van der Waals surface area contributed by atoms with E-state index in [4.69, 9.17) is 16.9 Å². The van der Waals surface area contributed by atoms with Gasteiger partial charge >= 0.3 is 0 Å². The number of nitrogen functional groups attached to an aromatic ring is 2. The van der Waals surface area contributed by atoms with Gasteiger partial charge in [0.05, 0.1) is 12.1 Å². The van der Waals surface area contributed by atoms with Crippen molar-refractivity contribution in [1.29, 1.82) is 5.41 Å². The number of halogens is 1. The third kappa shape index (κ3) is 6.01. The number of hydrogen-bond acceptors (Lipinski definition) is 5. The van der Waals surface area contributed by atoms with E-state index < -0.39 is 0 Å². The molecule has 1 amide bonds. The van der Waals surface area contributed by atoms with Gasteiger partial charge in [0, 0.05) is 33.9 Å². The Kier molecular flexibility index (Phi) is 7.55. The predicted molar refractivity (Wildman–Crippen MR) is 133 cm³/mol. The summed E-state index contributed by atoms with van der Waals surface area (Å²) in [6.07, 6.45) is -0.0772. The standard InChI is InChI=1S/C24H27BrN6O2/c1-14(2)30-21-11-19(25)23(17-4-3-5-18(26)10-17)20(31(21)33)12-22(32)29-13-15-6-8-16(9-7-15)24(27)28/h3-11,14,33H,12-13,26H2,1-2H3,(H3,27,28)(H,29,32). The lowest BCUT2D eigenvalue weighted by Crippen LogP contribution is -2.30. The van der Waals surface area contributed by atoms with Crippen LogP contribution >= 0.6 is 15.9 Å². The first-order valence-electron chi connectivity index (χ1n) is 10.4. The lowest BCUT2D eigenvalue weighted by Gasteiger charge is -2.17. The third-order valence-electron chi connectivity index (χ3n) is 4.90. The first kappa shape index (κ1) is 24.1. The maximum absolute atomic E-state index is 12.8. The molecule has 1 aromatic heterocycles. The Morgan fingerprint density at radius 3 is 2.52 bits per heavy atom. The van der Waals surface area contributed by atoms with E-state index in [2.05, 4.69) is 26.2 Å². The molecule has 0 saturated carbocycles. The lowest BCUT2D eigenvalue weighted by molar-refractivity contribution is -0.120. The third-order valence-corrected chi connectivity index (χ3v) is 5.53. The van der Waals surface area contributed by atoms with E-state index >= 15 is 0 Å². The van der Waals surface area contributed by atoms with Crippen LogP contribution in [-0.2, 0) is 17.8 Å². The van der Waals surface area contributed by atoms with Crippen LogP contribution in [0.25, 0.3) is 11.1 Å². The van der Waals surface area contributed by atoms with Crippen molar-refractivity contribution in [3.8, 4) is 11.1 Å². The summed E-state index contributed by atoms with van der Waals surface area (Å²) >= 11 is 3.58. The maximum Gasteiger partial charge on any atom is 0.226 e. The van der Waals surface area contributed by atoms with E-state index in [1.165, 1.54) is 0 Å². The molecule has 0 aliphatic heterocycles. The van der Waals surface area contributed by atoms with Gasteiger partial charge in [0.1, 0.15) is 5.84 Å². The number of carbonyl (C=O) groups is 1. The number of hydrogen-bond donors (Lipinski definition) is 5. The number of nitrogens with one attached hydrogen (secondary N) is 2. The Balaban J connectivity index is 1.93. The van der Waals surface area contributed by atoms with Crippen molar-refractivity contribution >= 4 is 33.4 Å². The molecule has 0 atom stereocenters. The van der Waals surface area contributed by atoms with Crippen LogP contribution in [0.3, 0.4) is 0 Å². The van der Waals surface area contributed by atoms with Crippen molar-refractivity contribution in [2.24, 2.45) is 10.7 Å². The highest BCUT2D eigenvalue weighted by molar-refractivity contribution is 9.10. The number of anilines is 1. The van der Waals surface area contributed by atoms with Crippen LogP contribution < -0.4 is 22.3 Å². The molecule has 3 aromatic rings. The van der Waals surface area contributed by atoms with Gasteiger partial charge < -0.3 is 22.0 Å². The van der Waals surface area contributed by atoms with Gasteiger partial charge in [0.2, 0.25) is 5.91 Å². The molecule has 0 unspecified atom stereocenters. The SMILES string of the molecule is CC(C)N=c1cc(Br)c(-c2cccc(N)c2)c(CC(=O)NCc2ccc(C(=N)N)cc2)n1O. The monoisotopic (exact) mass is 510 g/mol. The fraction of sp³-hybridized carbons (Fsp3) is 0.208. The van der Waals surface area contributed by atoms with Crippen molar-refractivity contribution < 1.29 is 10.0 Å². The molecule has 0 radical (unpaired) electrons. The zero-order valence-corrected chi connectivity index (χ0v) is 20.1. The normalized spacial score (nSPS) is 11.6. The average Bonchev–Trinajstić information content (AvgIpc) is 2.75. The minimum Gasteiger partial charge on any atom is -0.427 e. The summed E-state index contributed by atoms with van der Waals surface area (Å²) in [5.74, 6) is -0.281. The Morgan fingerprint density at radius 2 is 1.91 bits per heavy atom. The van der Waals surface area contributed by atoms with Crippen LogP contribution in [0.15, 0.2) is 64.1 Å². The number of nitrogens with zero attached hydrogens (tertiary/aromatic N) is 2. The van der Waals surface area contributed by atoms with Gasteiger partial charge in [-0.3, -0.25) is 15.2 Å². The molecular formula is C24H27BrN6O2. The summed E-state index contributed by atoms with van der Waals surface area (Å²) in [4.78, 5) is 17.3. The second-order valence-corrected chi connectivity index (χ2v) is 8.75. The lowest BCUT2D eigenvalue weighted by atomic mass is 10.0. The number of benzene rings is 2. The predicted octanol–water partition coefficient (Wildman–Crippen LogP) is 3.19. The van der Waals surface area contributed by atoms with Crippen LogP contribution in [0.4, 0.5) is 5.69 Å². The van der Waals surface area contributed by atoms with Crippen LogP contribution in [-0.4, -0.2) is 27.7 Å². The molecule has 0 bridgehead atoms. The molecule has 2 aromatic carbocycles. The second-order valence-electron chi connectivity index (χ2n) is 7.90. The van der Waals surface area contributed by atoms with Gasteiger partial charge in [-0.15, -0.1) is 0 Å². The summed E-state index contributed by atoms with van der Waals surface area (Å²) in [6.45, 7) is 4.11. The molecule has 0 fully saturated rings. The molecular weight excluding hydrogens is 484 g/mol. The maximum atomic E-state index is 12.8. The van der Waals surface area contributed by atoms with E-state index in [9.17, 15) is 10.0 Å². The highest BCUT2D eigenvalue weighted by Crippen LogP contribution is 2.31. The highest BCUT2D eigenvalue weighted by Gasteiger charge is 2.19. The number of amides is 1. The van der Waals surface area contributed by atoms with Crippen LogP contribution in [0.2, 0.25) is 0 Å². The molecule has 33 heavy (non-hydrogen) atoms. The molecule has 1 heterocycles. The second kappa shape index (κ2) is 10.4. The van der Waals surface area contributed by atoms with Crippen molar-refractivity contribution in [1.82, 2.24) is 10.0 Å². The van der Waals surface area contributed by atoms with E-state index in [1.54, 1.807) is 42.5 Å². The fourth-order valence-corrected chi connectivity index (χ4v) is 4.03. The van der Waals surface area contributed by atoms with Gasteiger partial charge in [-0.1, -0.05) is 36.4 Å². The van der Waals surface area contributed by atoms with Gasteiger partial charge in [-0.2, -0.15) is 4.73 Å².